The van der Waals surface area contributed by atoms with Crippen molar-refractivity contribution in [3.63, 3.8) is 0 Å². The molecule has 1 aromatic rings. The van der Waals surface area contributed by atoms with E-state index < -0.39 is 20.7 Å². The third-order valence-electron chi connectivity index (χ3n) is 2.81. The van der Waals surface area contributed by atoms with Crippen molar-refractivity contribution in [2.45, 2.75) is 24.7 Å². The third-order valence-corrected chi connectivity index (χ3v) is 5.24. The number of rotatable bonds is 3. The van der Waals surface area contributed by atoms with E-state index in [1.54, 1.807) is 7.05 Å². The Labute approximate surface area is 100.0 Å². The standard InChI is InChI=1S/C9H15ClN2O3S/c1-9(2,16(4,14)15)8(13)7-6(10)5-11-12(7)3/h5,8,13H,1-4H3. The van der Waals surface area contributed by atoms with Crippen LogP contribution >= 0.6 is 11.6 Å². The molecule has 1 rings (SSSR count). The molecule has 0 fully saturated rings. The van der Waals surface area contributed by atoms with Gasteiger partial charge in [-0.1, -0.05) is 11.6 Å². The van der Waals surface area contributed by atoms with E-state index in [0.29, 0.717) is 5.69 Å². The number of nitrogens with zero attached hydrogens (tertiary/aromatic N) is 2. The number of halogens is 1. The zero-order chi connectivity index (χ0) is 12.7. The lowest BCUT2D eigenvalue weighted by Gasteiger charge is -2.28. The molecule has 1 N–H and O–H groups in total. The van der Waals surface area contributed by atoms with E-state index in [1.165, 1.54) is 24.7 Å². The van der Waals surface area contributed by atoms with Crippen molar-refractivity contribution in [2.75, 3.05) is 6.26 Å². The predicted octanol–water partition coefficient (Wildman–Crippen LogP) is 0.930. The van der Waals surface area contributed by atoms with Crippen LogP contribution in [-0.4, -0.2) is 34.3 Å². The molecule has 5 nitrogen and oxygen atoms in total. The largest absolute Gasteiger partial charge is 0.385 e. The summed E-state index contributed by atoms with van der Waals surface area (Å²) in [6.45, 7) is 2.91. The fraction of sp³-hybridized carbons (Fsp3) is 0.667. The molecule has 1 atom stereocenters. The summed E-state index contributed by atoms with van der Waals surface area (Å²) >= 11 is 5.86. The summed E-state index contributed by atoms with van der Waals surface area (Å²) in [5.74, 6) is 0. The van der Waals surface area contributed by atoms with Gasteiger partial charge in [-0.3, -0.25) is 4.68 Å². The number of aromatic nitrogens is 2. The first-order valence-electron chi connectivity index (χ1n) is 4.64. The second kappa shape index (κ2) is 4.01. The minimum Gasteiger partial charge on any atom is -0.385 e. The van der Waals surface area contributed by atoms with Crippen LogP contribution in [0.3, 0.4) is 0 Å². The summed E-state index contributed by atoms with van der Waals surface area (Å²) in [5.41, 5.74) is 0.303. The van der Waals surface area contributed by atoms with E-state index in [-0.39, 0.29) is 5.02 Å². The molecule has 92 valence electrons. The maximum Gasteiger partial charge on any atom is 0.155 e. The summed E-state index contributed by atoms with van der Waals surface area (Å²) in [4.78, 5) is 0. The van der Waals surface area contributed by atoms with Gasteiger partial charge in [0.25, 0.3) is 0 Å². The van der Waals surface area contributed by atoms with E-state index in [2.05, 4.69) is 5.10 Å². The number of aliphatic hydroxyl groups is 1. The first-order valence-corrected chi connectivity index (χ1v) is 6.91. The molecule has 1 unspecified atom stereocenters. The Morgan fingerprint density at radius 3 is 2.38 bits per heavy atom. The first-order chi connectivity index (χ1) is 7.09. The molecular formula is C9H15ClN2O3S. The monoisotopic (exact) mass is 266 g/mol. The summed E-state index contributed by atoms with van der Waals surface area (Å²) in [7, 11) is -1.81. The predicted molar refractivity (Wildman–Crippen MR) is 62.1 cm³/mol. The van der Waals surface area contributed by atoms with Crippen LogP contribution in [0.25, 0.3) is 0 Å². The Morgan fingerprint density at radius 1 is 1.56 bits per heavy atom. The molecule has 7 heteroatoms. The molecule has 16 heavy (non-hydrogen) atoms. The number of hydrogen-bond donors (Lipinski definition) is 1. The van der Waals surface area contributed by atoms with Crippen LogP contribution in [0.15, 0.2) is 6.20 Å². The first kappa shape index (κ1) is 13.5. The molecule has 0 aromatic carbocycles. The minimum atomic E-state index is -3.41. The van der Waals surface area contributed by atoms with Crippen LogP contribution in [0.5, 0.6) is 0 Å². The Bertz CT molecular complexity index is 473. The summed E-state index contributed by atoms with van der Waals surface area (Å²) in [6, 6.07) is 0. The molecule has 0 saturated heterocycles. The van der Waals surface area contributed by atoms with Crippen LogP contribution in [0.2, 0.25) is 5.02 Å². The van der Waals surface area contributed by atoms with E-state index in [9.17, 15) is 13.5 Å². The van der Waals surface area contributed by atoms with E-state index in [0.717, 1.165) is 6.26 Å². The van der Waals surface area contributed by atoms with Gasteiger partial charge in [0.2, 0.25) is 0 Å². The second-order valence-corrected chi connectivity index (χ2v) is 7.28. The highest BCUT2D eigenvalue weighted by Gasteiger charge is 2.41. The number of hydrogen-bond acceptors (Lipinski definition) is 4. The average Bonchev–Trinajstić information content (AvgIpc) is 2.43. The highest BCUT2D eigenvalue weighted by Crippen LogP contribution is 2.34. The molecule has 0 saturated carbocycles. The summed E-state index contributed by atoms with van der Waals surface area (Å²) in [6.07, 6.45) is 1.24. The number of sulfone groups is 1. The zero-order valence-electron chi connectivity index (χ0n) is 9.60. The molecule has 0 radical (unpaired) electrons. The molecule has 0 aliphatic rings. The van der Waals surface area contributed by atoms with Gasteiger partial charge in [0.15, 0.2) is 9.84 Å². The van der Waals surface area contributed by atoms with Crippen LogP contribution in [-0.2, 0) is 16.9 Å². The van der Waals surface area contributed by atoms with Crippen molar-refractivity contribution in [1.82, 2.24) is 9.78 Å². The Kier molecular flexibility index (Phi) is 3.38. The summed E-state index contributed by atoms with van der Waals surface area (Å²) in [5, 5.41) is 14.2. The van der Waals surface area contributed by atoms with Gasteiger partial charge in [-0.25, -0.2) is 8.42 Å². The second-order valence-electron chi connectivity index (χ2n) is 4.28. The Morgan fingerprint density at radius 2 is 2.06 bits per heavy atom. The fourth-order valence-electron chi connectivity index (χ4n) is 1.26. The highest BCUT2D eigenvalue weighted by atomic mass is 35.5. The van der Waals surface area contributed by atoms with E-state index >= 15 is 0 Å². The molecule has 0 bridgehead atoms. The van der Waals surface area contributed by atoms with Crippen LogP contribution in [0.4, 0.5) is 0 Å². The fourth-order valence-corrected chi connectivity index (χ4v) is 2.05. The molecule has 1 aromatic heterocycles. The number of aryl methyl sites for hydroxylation is 1. The van der Waals surface area contributed by atoms with Gasteiger partial charge in [-0.2, -0.15) is 5.10 Å². The van der Waals surface area contributed by atoms with Gasteiger partial charge >= 0.3 is 0 Å². The van der Waals surface area contributed by atoms with Crippen LogP contribution in [0.1, 0.15) is 25.6 Å². The average molecular weight is 267 g/mol. The van der Waals surface area contributed by atoms with Crippen LogP contribution < -0.4 is 0 Å². The van der Waals surface area contributed by atoms with E-state index in [1.807, 2.05) is 0 Å². The molecule has 1 heterocycles. The smallest absolute Gasteiger partial charge is 0.155 e. The van der Waals surface area contributed by atoms with Crippen molar-refractivity contribution in [2.24, 2.45) is 7.05 Å². The van der Waals surface area contributed by atoms with Crippen molar-refractivity contribution in [1.29, 1.82) is 0 Å². The maximum absolute atomic E-state index is 11.6. The third kappa shape index (κ3) is 2.09. The minimum absolute atomic E-state index is 0.256. The van der Waals surface area contributed by atoms with Gasteiger partial charge < -0.3 is 5.11 Å². The Balaban J connectivity index is 3.28. The molecule has 0 spiro atoms. The molecule has 0 amide bonds. The van der Waals surface area contributed by atoms with E-state index in [4.69, 9.17) is 11.6 Å². The SMILES string of the molecule is Cn1ncc(Cl)c1C(O)C(C)(C)S(C)(=O)=O. The van der Waals surface area contributed by atoms with Crippen molar-refractivity contribution in [3.05, 3.63) is 16.9 Å². The number of aliphatic hydroxyl groups excluding tert-OH is 1. The Hall–Kier alpha value is -0.590. The van der Waals surface area contributed by atoms with Crippen molar-refractivity contribution in [3.8, 4) is 0 Å². The lowest BCUT2D eigenvalue weighted by atomic mass is 10.0. The molecular weight excluding hydrogens is 252 g/mol. The maximum atomic E-state index is 11.6. The van der Waals surface area contributed by atoms with Crippen molar-refractivity contribution < 1.29 is 13.5 Å². The molecule has 0 aliphatic carbocycles. The zero-order valence-corrected chi connectivity index (χ0v) is 11.2. The normalized spacial score (nSPS) is 15.1. The van der Waals surface area contributed by atoms with Gasteiger partial charge in [-0.15, -0.1) is 0 Å². The highest BCUT2D eigenvalue weighted by molar-refractivity contribution is 7.92. The van der Waals surface area contributed by atoms with Crippen molar-refractivity contribution >= 4 is 21.4 Å². The van der Waals surface area contributed by atoms with Gasteiger partial charge in [0.1, 0.15) is 6.10 Å². The van der Waals surface area contributed by atoms with Crippen LogP contribution in [0, 0.1) is 0 Å². The van der Waals surface area contributed by atoms with Gasteiger partial charge in [0, 0.05) is 13.3 Å². The van der Waals surface area contributed by atoms with Gasteiger partial charge in [-0.05, 0) is 13.8 Å². The lowest BCUT2D eigenvalue weighted by molar-refractivity contribution is 0.130. The topological polar surface area (TPSA) is 72.2 Å². The summed E-state index contributed by atoms with van der Waals surface area (Å²) < 4.78 is 23.2. The lowest BCUT2D eigenvalue weighted by Crippen LogP contribution is -2.38. The van der Waals surface area contributed by atoms with Gasteiger partial charge in [0.05, 0.1) is 21.7 Å². The molecule has 0 aliphatic heterocycles. The quantitative estimate of drug-likeness (QED) is 0.883.